The van der Waals surface area contributed by atoms with E-state index in [4.69, 9.17) is 7.98 Å². The molecular weight excluding hydrogens is 339 g/mol. The van der Waals surface area contributed by atoms with Crippen molar-refractivity contribution in [1.29, 1.82) is 0 Å². The molecule has 146 valence electrons. The van der Waals surface area contributed by atoms with E-state index in [1.807, 2.05) is 19.5 Å². The molecule has 0 saturated carbocycles. The lowest BCUT2D eigenvalue weighted by Crippen LogP contribution is -2.50. The van der Waals surface area contributed by atoms with E-state index in [0.29, 0.717) is 17.1 Å². The van der Waals surface area contributed by atoms with Gasteiger partial charge in [0, 0.05) is 56.4 Å². The molecule has 0 N–H and O–H groups in total. The van der Waals surface area contributed by atoms with Crippen LogP contribution in [0.5, 0.6) is 0 Å². The SMILES string of the molecule is O=C1C=C(N2CC2)C(=O)C(N2CC2)=C1N1CC1.[B]N(C(C)(C)C)C(C)(C)C. The van der Waals surface area contributed by atoms with Gasteiger partial charge < -0.3 is 19.5 Å². The first-order chi connectivity index (χ1) is 12.4. The molecule has 0 bridgehead atoms. The number of ketones is 2. The van der Waals surface area contributed by atoms with Crippen LogP contribution < -0.4 is 0 Å². The molecule has 0 amide bonds. The third-order valence-corrected chi connectivity index (χ3v) is 4.93. The highest BCUT2D eigenvalue weighted by Crippen LogP contribution is 2.33. The van der Waals surface area contributed by atoms with Crippen molar-refractivity contribution in [2.24, 2.45) is 0 Å². The van der Waals surface area contributed by atoms with Crippen molar-refractivity contribution >= 4 is 19.5 Å². The largest absolute Gasteiger partial charge is 0.365 e. The standard InChI is InChI=1S/C12H13N3O2.C8H18BN/c16-9-7-8(13-1-2-13)12(17)11(15-5-6-15)10(9)14-3-4-14;1-7(2,3)10(9)8(4,5)6/h7H,1-6H2;1-6H3. The molecular formula is C20H31BN4O2. The van der Waals surface area contributed by atoms with Gasteiger partial charge in [-0.25, -0.2) is 0 Å². The monoisotopic (exact) mass is 370 g/mol. The van der Waals surface area contributed by atoms with Gasteiger partial charge in [0.2, 0.25) is 11.6 Å². The number of Topliss-reactive ketones (excluding diaryl/α,β-unsaturated/α-hetero) is 1. The van der Waals surface area contributed by atoms with E-state index in [0.717, 1.165) is 39.3 Å². The molecule has 4 aliphatic rings. The van der Waals surface area contributed by atoms with Crippen LogP contribution >= 0.6 is 0 Å². The summed E-state index contributed by atoms with van der Waals surface area (Å²) < 4.78 is 0. The zero-order chi connectivity index (χ0) is 20.1. The fourth-order valence-electron chi connectivity index (χ4n) is 3.28. The number of allylic oxidation sites excluding steroid dienone is 1. The normalized spacial score (nSPS) is 22.0. The summed E-state index contributed by atoms with van der Waals surface area (Å²) in [6.45, 7) is 18.1. The molecule has 3 saturated heterocycles. The first kappa shape index (κ1) is 20.0. The maximum absolute atomic E-state index is 12.4. The molecule has 27 heavy (non-hydrogen) atoms. The first-order valence-corrected chi connectivity index (χ1v) is 9.76. The van der Waals surface area contributed by atoms with Crippen molar-refractivity contribution < 1.29 is 9.59 Å². The van der Waals surface area contributed by atoms with E-state index < -0.39 is 0 Å². The van der Waals surface area contributed by atoms with Gasteiger partial charge in [0.25, 0.3) is 0 Å². The van der Waals surface area contributed by atoms with Crippen LogP contribution in [0.15, 0.2) is 23.2 Å². The van der Waals surface area contributed by atoms with Gasteiger partial charge >= 0.3 is 0 Å². The average Bonchev–Trinajstić information content (AvgIpc) is 3.37. The van der Waals surface area contributed by atoms with Gasteiger partial charge in [-0.15, -0.1) is 0 Å². The topological polar surface area (TPSA) is 46.4 Å². The highest BCUT2D eigenvalue weighted by atomic mass is 16.1. The third kappa shape index (κ3) is 4.57. The summed E-state index contributed by atoms with van der Waals surface area (Å²) in [5.74, 6) is 0.0485. The Morgan fingerprint density at radius 3 is 1.52 bits per heavy atom. The minimum absolute atomic E-state index is 0.00546. The molecule has 3 aliphatic heterocycles. The lowest BCUT2D eigenvalue weighted by Gasteiger charge is -2.43. The van der Waals surface area contributed by atoms with Gasteiger partial charge in [-0.3, -0.25) is 9.59 Å². The van der Waals surface area contributed by atoms with Crippen LogP contribution in [-0.2, 0) is 9.59 Å². The Morgan fingerprint density at radius 2 is 1.19 bits per heavy atom. The zero-order valence-corrected chi connectivity index (χ0v) is 17.5. The molecule has 7 heteroatoms. The summed E-state index contributed by atoms with van der Waals surface area (Å²) in [7, 11) is 5.86. The smallest absolute Gasteiger partial charge is 0.227 e. The Morgan fingerprint density at radius 1 is 0.778 bits per heavy atom. The van der Waals surface area contributed by atoms with Crippen LogP contribution in [0.2, 0.25) is 0 Å². The second-order valence-electron chi connectivity index (χ2n) is 9.59. The predicted molar refractivity (Wildman–Crippen MR) is 107 cm³/mol. The van der Waals surface area contributed by atoms with Crippen LogP contribution in [0.1, 0.15) is 41.5 Å². The molecule has 3 heterocycles. The second kappa shape index (κ2) is 6.69. The van der Waals surface area contributed by atoms with Crippen LogP contribution in [0.3, 0.4) is 0 Å². The van der Waals surface area contributed by atoms with Crippen molar-refractivity contribution in [3.63, 3.8) is 0 Å². The Hall–Kier alpha value is -1.76. The molecule has 3 fully saturated rings. The van der Waals surface area contributed by atoms with Gasteiger partial charge in [-0.2, -0.15) is 0 Å². The molecule has 0 unspecified atom stereocenters. The summed E-state index contributed by atoms with van der Waals surface area (Å²) in [6.07, 6.45) is 1.52. The molecule has 0 spiro atoms. The van der Waals surface area contributed by atoms with Gasteiger partial charge in [0.05, 0.1) is 5.70 Å². The van der Waals surface area contributed by atoms with E-state index in [1.54, 1.807) is 0 Å². The third-order valence-electron chi connectivity index (χ3n) is 4.93. The molecule has 0 atom stereocenters. The lowest BCUT2D eigenvalue weighted by molar-refractivity contribution is -0.117. The summed E-state index contributed by atoms with van der Waals surface area (Å²) in [5.41, 5.74) is 1.99. The number of nitrogens with zero attached hydrogens (tertiary/aromatic N) is 4. The van der Waals surface area contributed by atoms with Crippen LogP contribution in [0, 0.1) is 0 Å². The lowest BCUT2D eigenvalue weighted by atomic mass is 9.91. The minimum atomic E-state index is 0.00546. The molecule has 0 aromatic rings. The van der Waals surface area contributed by atoms with Gasteiger partial charge in [0.15, 0.2) is 7.98 Å². The maximum Gasteiger partial charge on any atom is 0.227 e. The Labute approximate surface area is 164 Å². The molecule has 6 nitrogen and oxygen atoms in total. The van der Waals surface area contributed by atoms with Crippen molar-refractivity contribution in [3.8, 4) is 0 Å². The quantitative estimate of drug-likeness (QED) is 0.422. The predicted octanol–water partition coefficient (Wildman–Crippen LogP) is 1.15. The molecule has 1 aliphatic carbocycles. The average molecular weight is 370 g/mol. The van der Waals surface area contributed by atoms with E-state index in [2.05, 4.69) is 41.5 Å². The molecule has 0 aromatic heterocycles. The van der Waals surface area contributed by atoms with Crippen LogP contribution in [-0.4, -0.2) is 89.4 Å². The van der Waals surface area contributed by atoms with E-state index in [1.165, 1.54) is 6.08 Å². The molecule has 0 aromatic carbocycles. The fraction of sp³-hybridized carbons (Fsp3) is 0.700. The number of carbonyl (C=O) groups excluding carboxylic acids is 2. The Balaban J connectivity index is 0.000000183. The van der Waals surface area contributed by atoms with Crippen molar-refractivity contribution in [2.75, 3.05) is 39.3 Å². The van der Waals surface area contributed by atoms with E-state index >= 15 is 0 Å². The Bertz CT molecular complexity index is 688. The number of hydrogen-bond donors (Lipinski definition) is 0. The summed E-state index contributed by atoms with van der Waals surface area (Å²) >= 11 is 0. The zero-order valence-electron chi connectivity index (χ0n) is 17.5. The van der Waals surface area contributed by atoms with Crippen molar-refractivity contribution in [1.82, 2.24) is 19.5 Å². The van der Waals surface area contributed by atoms with E-state index in [9.17, 15) is 9.59 Å². The second-order valence-corrected chi connectivity index (χ2v) is 9.59. The summed E-state index contributed by atoms with van der Waals surface area (Å²) in [6, 6.07) is 0. The number of carbonyl (C=O) groups is 2. The van der Waals surface area contributed by atoms with Crippen LogP contribution in [0.4, 0.5) is 0 Å². The van der Waals surface area contributed by atoms with Crippen molar-refractivity contribution in [3.05, 3.63) is 23.2 Å². The maximum atomic E-state index is 12.4. The number of rotatable bonds is 3. The molecule has 4 rings (SSSR count). The first-order valence-electron chi connectivity index (χ1n) is 9.76. The summed E-state index contributed by atoms with van der Waals surface area (Å²) in [4.78, 5) is 32.3. The number of hydrogen-bond acceptors (Lipinski definition) is 6. The van der Waals surface area contributed by atoms with Crippen molar-refractivity contribution in [2.45, 2.75) is 52.6 Å². The fourth-order valence-corrected chi connectivity index (χ4v) is 3.28. The van der Waals surface area contributed by atoms with E-state index in [-0.39, 0.29) is 22.6 Å². The highest BCUT2D eigenvalue weighted by Gasteiger charge is 2.43. The Kier molecular flexibility index (Phi) is 4.95. The summed E-state index contributed by atoms with van der Waals surface area (Å²) in [5, 5.41) is 0. The highest BCUT2D eigenvalue weighted by molar-refractivity contribution is 6.22. The van der Waals surface area contributed by atoms with Gasteiger partial charge in [0.1, 0.15) is 11.4 Å². The van der Waals surface area contributed by atoms with Gasteiger partial charge in [-0.05, 0) is 41.5 Å². The minimum Gasteiger partial charge on any atom is -0.365 e. The van der Waals surface area contributed by atoms with Gasteiger partial charge in [-0.1, -0.05) is 0 Å². The van der Waals surface area contributed by atoms with Crippen LogP contribution in [0.25, 0.3) is 0 Å². The molecule has 2 radical (unpaired) electrons.